The van der Waals surface area contributed by atoms with Gasteiger partial charge in [0.05, 0.1) is 0 Å². The van der Waals surface area contributed by atoms with E-state index in [0.29, 0.717) is 16.3 Å². The second-order valence-electron chi connectivity index (χ2n) is 5.54. The lowest BCUT2D eigenvalue weighted by molar-refractivity contribution is 0.316. The summed E-state index contributed by atoms with van der Waals surface area (Å²) in [6.45, 7) is 6.68. The maximum atomic E-state index is 4.41. The van der Waals surface area contributed by atoms with Crippen LogP contribution in [0, 0.1) is 5.41 Å². The van der Waals surface area contributed by atoms with Crippen molar-refractivity contribution >= 4 is 15.9 Å². The van der Waals surface area contributed by atoms with E-state index in [9.17, 15) is 0 Å². The molecule has 1 aliphatic rings. The Morgan fingerprint density at radius 2 is 2.38 bits per heavy atom. The lowest BCUT2D eigenvalue weighted by atomic mass is 9.85. The Morgan fingerprint density at radius 1 is 1.62 bits per heavy atom. The molecule has 1 aliphatic carbocycles. The van der Waals surface area contributed by atoms with Crippen LogP contribution in [0.15, 0.2) is 6.33 Å². The third-order valence-electron chi connectivity index (χ3n) is 3.50. The molecule has 0 aromatic carbocycles. The van der Waals surface area contributed by atoms with Crippen LogP contribution in [0.1, 0.15) is 51.9 Å². The molecule has 0 bridgehead atoms. The number of hydrogen-bond acceptors (Lipinski definition) is 2. The summed E-state index contributed by atoms with van der Waals surface area (Å²) in [5, 5.41) is 4.30. The molecular weight excluding hydrogens is 266 g/mol. The Balaban J connectivity index is 2.11. The molecule has 2 unspecified atom stereocenters. The summed E-state index contributed by atoms with van der Waals surface area (Å²) in [5.41, 5.74) is 0.397. The van der Waals surface area contributed by atoms with Gasteiger partial charge in [-0.1, -0.05) is 22.9 Å². The van der Waals surface area contributed by atoms with Crippen molar-refractivity contribution in [2.24, 2.45) is 5.41 Å². The highest BCUT2D eigenvalue weighted by Gasteiger charge is 2.35. The van der Waals surface area contributed by atoms with E-state index in [1.807, 2.05) is 4.68 Å². The van der Waals surface area contributed by atoms with Crippen LogP contribution in [0.25, 0.3) is 0 Å². The molecule has 1 heterocycles. The normalized spacial score (nSPS) is 30.2. The SMILES string of the molecule is CC(C)n1ncnc1CC1(C)CCC(Br)C1. The number of nitrogens with zero attached hydrogens (tertiary/aromatic N) is 3. The van der Waals surface area contributed by atoms with Gasteiger partial charge in [-0.15, -0.1) is 0 Å². The number of rotatable bonds is 3. The quantitative estimate of drug-likeness (QED) is 0.798. The summed E-state index contributed by atoms with van der Waals surface area (Å²) in [5.74, 6) is 1.14. The fourth-order valence-electron chi connectivity index (χ4n) is 2.62. The molecule has 0 N–H and O–H groups in total. The highest BCUT2D eigenvalue weighted by molar-refractivity contribution is 9.09. The number of halogens is 1. The van der Waals surface area contributed by atoms with E-state index in [0.717, 1.165) is 12.2 Å². The van der Waals surface area contributed by atoms with Crippen molar-refractivity contribution < 1.29 is 0 Å². The Labute approximate surface area is 106 Å². The summed E-state index contributed by atoms with van der Waals surface area (Å²) in [4.78, 5) is 5.10. The van der Waals surface area contributed by atoms with Crippen LogP contribution in [0.3, 0.4) is 0 Å². The van der Waals surface area contributed by atoms with Crippen LogP contribution in [0.4, 0.5) is 0 Å². The molecule has 0 aliphatic heterocycles. The van der Waals surface area contributed by atoms with Gasteiger partial charge in [-0.3, -0.25) is 0 Å². The average Bonchev–Trinajstić information content (AvgIpc) is 2.74. The van der Waals surface area contributed by atoms with Crippen molar-refractivity contribution in [2.45, 2.75) is 57.3 Å². The average molecular weight is 286 g/mol. The van der Waals surface area contributed by atoms with E-state index in [4.69, 9.17) is 0 Å². The Bertz CT molecular complexity index is 361. The molecule has 1 saturated carbocycles. The van der Waals surface area contributed by atoms with Crippen LogP contribution in [0.2, 0.25) is 0 Å². The molecule has 1 aromatic heterocycles. The first-order chi connectivity index (χ1) is 7.50. The third kappa shape index (κ3) is 2.47. The molecule has 2 atom stereocenters. The van der Waals surface area contributed by atoms with Crippen molar-refractivity contribution in [1.29, 1.82) is 0 Å². The van der Waals surface area contributed by atoms with Crippen molar-refractivity contribution in [1.82, 2.24) is 14.8 Å². The molecule has 2 rings (SSSR count). The third-order valence-corrected chi connectivity index (χ3v) is 4.28. The Kier molecular flexibility index (Phi) is 3.38. The maximum Gasteiger partial charge on any atom is 0.138 e. The van der Waals surface area contributed by atoms with E-state index in [1.54, 1.807) is 6.33 Å². The van der Waals surface area contributed by atoms with E-state index in [1.165, 1.54) is 19.3 Å². The van der Waals surface area contributed by atoms with Gasteiger partial charge in [0.2, 0.25) is 0 Å². The van der Waals surface area contributed by atoms with Gasteiger partial charge in [0.15, 0.2) is 0 Å². The summed E-state index contributed by atoms with van der Waals surface area (Å²) in [6, 6.07) is 0.405. The van der Waals surface area contributed by atoms with Gasteiger partial charge in [-0.2, -0.15) is 5.10 Å². The molecule has 4 heteroatoms. The van der Waals surface area contributed by atoms with Crippen LogP contribution in [0.5, 0.6) is 0 Å². The minimum Gasteiger partial charge on any atom is -0.248 e. The molecule has 0 saturated heterocycles. The fraction of sp³-hybridized carbons (Fsp3) is 0.833. The van der Waals surface area contributed by atoms with E-state index in [2.05, 4.69) is 46.8 Å². The highest BCUT2D eigenvalue weighted by atomic mass is 79.9. The molecule has 1 fully saturated rings. The Hall–Kier alpha value is -0.380. The maximum absolute atomic E-state index is 4.41. The zero-order chi connectivity index (χ0) is 11.8. The largest absolute Gasteiger partial charge is 0.248 e. The molecule has 1 aromatic rings. The first-order valence-electron chi connectivity index (χ1n) is 6.03. The molecule has 0 spiro atoms. The summed E-state index contributed by atoms with van der Waals surface area (Å²) < 4.78 is 2.05. The Morgan fingerprint density at radius 3 is 2.94 bits per heavy atom. The van der Waals surface area contributed by atoms with Crippen LogP contribution in [-0.4, -0.2) is 19.6 Å². The smallest absolute Gasteiger partial charge is 0.138 e. The summed E-state index contributed by atoms with van der Waals surface area (Å²) in [7, 11) is 0. The number of alkyl halides is 1. The van der Waals surface area contributed by atoms with Gasteiger partial charge >= 0.3 is 0 Å². The van der Waals surface area contributed by atoms with E-state index >= 15 is 0 Å². The van der Waals surface area contributed by atoms with Crippen molar-refractivity contribution in [3.05, 3.63) is 12.2 Å². The topological polar surface area (TPSA) is 30.7 Å². The zero-order valence-corrected chi connectivity index (χ0v) is 11.9. The van der Waals surface area contributed by atoms with Gasteiger partial charge in [-0.25, -0.2) is 9.67 Å². The fourth-order valence-corrected chi connectivity index (χ4v) is 3.63. The summed E-state index contributed by atoms with van der Waals surface area (Å²) in [6.07, 6.45) is 6.55. The second kappa shape index (κ2) is 4.47. The lowest BCUT2D eigenvalue weighted by Crippen LogP contribution is -2.20. The highest BCUT2D eigenvalue weighted by Crippen LogP contribution is 2.43. The first-order valence-corrected chi connectivity index (χ1v) is 6.94. The standard InChI is InChI=1S/C12H20BrN3/c1-9(2)16-11(14-8-15-16)7-12(3)5-4-10(13)6-12/h8-10H,4-7H2,1-3H3. The minimum atomic E-state index is 0.397. The predicted molar refractivity (Wildman–Crippen MR) is 68.8 cm³/mol. The van der Waals surface area contributed by atoms with Crippen LogP contribution in [-0.2, 0) is 6.42 Å². The predicted octanol–water partition coefficient (Wildman–Crippen LogP) is 3.36. The van der Waals surface area contributed by atoms with Gasteiger partial charge in [0.1, 0.15) is 12.2 Å². The van der Waals surface area contributed by atoms with Gasteiger partial charge in [0.25, 0.3) is 0 Å². The number of hydrogen-bond donors (Lipinski definition) is 0. The van der Waals surface area contributed by atoms with Gasteiger partial charge < -0.3 is 0 Å². The van der Waals surface area contributed by atoms with Gasteiger partial charge in [-0.05, 0) is 38.5 Å². The minimum absolute atomic E-state index is 0.397. The van der Waals surface area contributed by atoms with E-state index < -0.39 is 0 Å². The van der Waals surface area contributed by atoms with Crippen molar-refractivity contribution in [3.8, 4) is 0 Å². The monoisotopic (exact) mass is 285 g/mol. The molecule has 0 radical (unpaired) electrons. The molecule has 3 nitrogen and oxygen atoms in total. The zero-order valence-electron chi connectivity index (χ0n) is 10.3. The van der Waals surface area contributed by atoms with Crippen LogP contribution < -0.4 is 0 Å². The second-order valence-corrected chi connectivity index (χ2v) is 6.84. The van der Waals surface area contributed by atoms with Crippen molar-refractivity contribution in [2.75, 3.05) is 0 Å². The summed E-state index contributed by atoms with van der Waals surface area (Å²) >= 11 is 3.72. The van der Waals surface area contributed by atoms with E-state index in [-0.39, 0.29) is 0 Å². The molecular formula is C12H20BrN3. The van der Waals surface area contributed by atoms with Gasteiger partial charge in [0, 0.05) is 17.3 Å². The molecule has 0 amide bonds. The molecule has 90 valence electrons. The van der Waals surface area contributed by atoms with Crippen molar-refractivity contribution in [3.63, 3.8) is 0 Å². The lowest BCUT2D eigenvalue weighted by Gasteiger charge is -2.23. The number of aromatic nitrogens is 3. The first kappa shape index (κ1) is 12.1. The van der Waals surface area contributed by atoms with Crippen LogP contribution >= 0.6 is 15.9 Å². The molecule has 16 heavy (non-hydrogen) atoms.